The topological polar surface area (TPSA) is 62.4 Å². The Morgan fingerprint density at radius 2 is 1.77 bits per heavy atom. The average Bonchev–Trinajstić information content (AvgIpc) is 2.67. The van der Waals surface area contributed by atoms with E-state index in [4.69, 9.17) is 12.2 Å². The van der Waals surface area contributed by atoms with Crippen LogP contribution in [0.25, 0.3) is 0 Å². The molecule has 1 aliphatic heterocycles. The van der Waals surface area contributed by atoms with Gasteiger partial charge in [0.25, 0.3) is 5.91 Å². The highest BCUT2D eigenvalue weighted by Crippen LogP contribution is 2.36. The Hall–Kier alpha value is -3.21. The minimum atomic E-state index is -4.65. The summed E-state index contributed by atoms with van der Waals surface area (Å²) in [5.74, 6) is -0.865. The van der Waals surface area contributed by atoms with E-state index in [9.17, 15) is 26.7 Å². The fourth-order valence-corrected chi connectivity index (χ4v) is 3.39. The maximum absolute atomic E-state index is 13.3. The number of ether oxygens (including phenoxy) is 1. The summed E-state index contributed by atoms with van der Waals surface area (Å²) < 4.78 is 68.9. The molecule has 0 saturated heterocycles. The molecule has 2 aromatic carbocycles. The molecule has 1 atom stereocenters. The summed E-state index contributed by atoms with van der Waals surface area (Å²) >= 11 is 5.12. The number of thiocarbonyl (C=S) groups is 1. The van der Waals surface area contributed by atoms with Gasteiger partial charge < -0.3 is 20.7 Å². The third kappa shape index (κ3) is 5.29. The number of benzene rings is 2. The number of halogens is 5. The fraction of sp³-hybridized carbons (Fsp3) is 0.200. The van der Waals surface area contributed by atoms with Gasteiger partial charge in [0.1, 0.15) is 5.75 Å². The van der Waals surface area contributed by atoms with Crippen LogP contribution in [0.5, 0.6) is 5.75 Å². The maximum atomic E-state index is 13.3. The summed E-state index contributed by atoms with van der Waals surface area (Å²) in [6.07, 6.45) is -4.65. The summed E-state index contributed by atoms with van der Waals surface area (Å²) in [5.41, 5.74) is -0.484. The van der Waals surface area contributed by atoms with Crippen LogP contribution in [-0.2, 0) is 11.0 Å². The van der Waals surface area contributed by atoms with Crippen molar-refractivity contribution in [1.29, 1.82) is 0 Å². The van der Waals surface area contributed by atoms with Crippen LogP contribution in [0.3, 0.4) is 0 Å². The number of carbonyl (C=O) groups excluding carboxylic acids is 1. The molecule has 0 spiro atoms. The number of hydrogen-bond acceptors (Lipinski definition) is 3. The number of alkyl halides is 5. The average molecular weight is 457 g/mol. The van der Waals surface area contributed by atoms with E-state index in [1.54, 1.807) is 6.92 Å². The number of rotatable bonds is 5. The van der Waals surface area contributed by atoms with Crippen LogP contribution in [-0.4, -0.2) is 17.6 Å². The molecule has 0 unspecified atom stereocenters. The van der Waals surface area contributed by atoms with Crippen LogP contribution in [0.4, 0.5) is 27.6 Å². The number of para-hydroxylation sites is 1. The monoisotopic (exact) mass is 457 g/mol. The minimum Gasteiger partial charge on any atom is -0.435 e. The molecule has 0 aliphatic carbocycles. The lowest BCUT2D eigenvalue weighted by Gasteiger charge is -2.30. The fourth-order valence-electron chi connectivity index (χ4n) is 3.12. The highest BCUT2D eigenvalue weighted by Gasteiger charge is 2.35. The molecule has 0 aromatic heterocycles. The van der Waals surface area contributed by atoms with Crippen molar-refractivity contribution in [2.75, 3.05) is 5.32 Å². The van der Waals surface area contributed by atoms with Crippen LogP contribution in [0.1, 0.15) is 24.1 Å². The summed E-state index contributed by atoms with van der Waals surface area (Å²) in [4.78, 5) is 13.0. The van der Waals surface area contributed by atoms with Gasteiger partial charge in [0.2, 0.25) is 0 Å². The van der Waals surface area contributed by atoms with Crippen molar-refractivity contribution in [3.05, 3.63) is 70.9 Å². The molecule has 0 saturated carbocycles. The molecule has 5 nitrogen and oxygen atoms in total. The number of amides is 1. The second kappa shape index (κ2) is 8.88. The van der Waals surface area contributed by atoms with E-state index in [1.807, 2.05) is 0 Å². The van der Waals surface area contributed by atoms with Crippen molar-refractivity contribution in [2.45, 2.75) is 25.8 Å². The van der Waals surface area contributed by atoms with Gasteiger partial charge in [-0.25, -0.2) is 0 Å². The van der Waals surface area contributed by atoms with Crippen LogP contribution >= 0.6 is 12.2 Å². The van der Waals surface area contributed by atoms with Crippen LogP contribution < -0.4 is 20.7 Å². The van der Waals surface area contributed by atoms with Crippen LogP contribution in [0.15, 0.2) is 59.8 Å². The predicted molar refractivity (Wildman–Crippen MR) is 107 cm³/mol. The molecule has 3 rings (SSSR count). The SMILES string of the molecule is CC1=C(C(=O)Nc2ccccc2C(F)(F)F)[C@H](c2ccc(OC(F)F)cc2)NC(=S)N1. The maximum Gasteiger partial charge on any atom is 0.418 e. The second-order valence-electron chi connectivity index (χ2n) is 6.52. The van der Waals surface area contributed by atoms with Crippen LogP contribution in [0.2, 0.25) is 0 Å². The Balaban J connectivity index is 1.93. The van der Waals surface area contributed by atoms with Crippen molar-refractivity contribution < 1.29 is 31.5 Å². The molecule has 1 aliphatic rings. The van der Waals surface area contributed by atoms with Gasteiger partial charge in [-0.3, -0.25) is 4.79 Å². The van der Waals surface area contributed by atoms with Crippen molar-refractivity contribution in [3.63, 3.8) is 0 Å². The molecule has 1 amide bonds. The molecule has 0 fully saturated rings. The largest absolute Gasteiger partial charge is 0.435 e. The Kier molecular flexibility index (Phi) is 6.44. The summed E-state index contributed by atoms with van der Waals surface area (Å²) in [5, 5.41) is 8.15. The zero-order valence-corrected chi connectivity index (χ0v) is 16.7. The van der Waals surface area contributed by atoms with Crippen molar-refractivity contribution in [2.24, 2.45) is 0 Å². The van der Waals surface area contributed by atoms with E-state index in [2.05, 4.69) is 20.7 Å². The molecule has 0 bridgehead atoms. The van der Waals surface area contributed by atoms with Gasteiger partial charge in [-0.1, -0.05) is 24.3 Å². The number of hydrogen-bond donors (Lipinski definition) is 3. The zero-order chi connectivity index (χ0) is 22.8. The lowest BCUT2D eigenvalue weighted by molar-refractivity contribution is -0.137. The molecule has 1 heterocycles. The molecule has 164 valence electrons. The van der Waals surface area contributed by atoms with E-state index in [0.717, 1.165) is 12.1 Å². The van der Waals surface area contributed by atoms with E-state index < -0.39 is 36.0 Å². The van der Waals surface area contributed by atoms with Gasteiger partial charge in [-0.2, -0.15) is 22.0 Å². The smallest absolute Gasteiger partial charge is 0.418 e. The molecule has 11 heteroatoms. The molecule has 31 heavy (non-hydrogen) atoms. The minimum absolute atomic E-state index is 0.0823. The first kappa shape index (κ1) is 22.5. The van der Waals surface area contributed by atoms with Crippen molar-refractivity contribution in [3.8, 4) is 5.75 Å². The molecule has 0 radical (unpaired) electrons. The Morgan fingerprint density at radius 3 is 2.39 bits per heavy atom. The van der Waals surface area contributed by atoms with Gasteiger partial charge in [0.05, 0.1) is 22.9 Å². The molecular formula is C20H16F5N3O2S. The van der Waals surface area contributed by atoms with E-state index >= 15 is 0 Å². The van der Waals surface area contributed by atoms with E-state index in [-0.39, 0.29) is 16.4 Å². The highest BCUT2D eigenvalue weighted by atomic mass is 32.1. The number of carbonyl (C=O) groups is 1. The Morgan fingerprint density at radius 1 is 1.13 bits per heavy atom. The van der Waals surface area contributed by atoms with Crippen LogP contribution in [0, 0.1) is 0 Å². The van der Waals surface area contributed by atoms with Gasteiger partial charge in [-0.05, 0) is 49.0 Å². The Labute approximate surface area is 179 Å². The van der Waals surface area contributed by atoms with Gasteiger partial charge >= 0.3 is 12.8 Å². The Bertz CT molecular complexity index is 1020. The quantitative estimate of drug-likeness (QED) is 0.447. The normalized spacial score (nSPS) is 16.6. The lowest BCUT2D eigenvalue weighted by atomic mass is 9.94. The summed E-state index contributed by atoms with van der Waals surface area (Å²) in [6.45, 7) is -1.44. The molecule has 3 N–H and O–H groups in total. The number of allylic oxidation sites excluding steroid dienone is 1. The van der Waals surface area contributed by atoms with Crippen molar-refractivity contribution in [1.82, 2.24) is 10.6 Å². The van der Waals surface area contributed by atoms with Gasteiger partial charge in [0, 0.05) is 5.70 Å². The molecular weight excluding hydrogens is 441 g/mol. The lowest BCUT2D eigenvalue weighted by Crippen LogP contribution is -2.45. The first-order chi connectivity index (χ1) is 14.6. The third-order valence-electron chi connectivity index (χ3n) is 4.43. The highest BCUT2D eigenvalue weighted by molar-refractivity contribution is 7.80. The third-order valence-corrected chi connectivity index (χ3v) is 4.65. The first-order valence-corrected chi connectivity index (χ1v) is 9.27. The van der Waals surface area contributed by atoms with Gasteiger partial charge in [-0.15, -0.1) is 0 Å². The summed E-state index contributed by atoms with van der Waals surface area (Å²) in [7, 11) is 0. The summed E-state index contributed by atoms with van der Waals surface area (Å²) in [6, 6.07) is 9.26. The number of anilines is 1. The van der Waals surface area contributed by atoms with Crippen molar-refractivity contribution >= 4 is 28.9 Å². The van der Waals surface area contributed by atoms with E-state index in [0.29, 0.717) is 11.3 Å². The van der Waals surface area contributed by atoms with E-state index in [1.165, 1.54) is 36.4 Å². The predicted octanol–water partition coefficient (Wildman–Crippen LogP) is 4.74. The first-order valence-electron chi connectivity index (χ1n) is 8.87. The standard InChI is InChI=1S/C20H16F5N3O2S/c1-10-15(17(29)27-14-5-3-2-4-13(14)20(23,24)25)16(28-19(31)26-10)11-6-8-12(9-7-11)30-18(21)22/h2-9,16,18H,1H3,(H,27,29)(H2,26,28,31)/t16-/m0/s1. The number of nitrogens with one attached hydrogen (secondary N) is 3. The van der Waals surface area contributed by atoms with Gasteiger partial charge in [0.15, 0.2) is 5.11 Å². The zero-order valence-electron chi connectivity index (χ0n) is 15.9. The second-order valence-corrected chi connectivity index (χ2v) is 6.92. The molecule has 2 aromatic rings.